The summed E-state index contributed by atoms with van der Waals surface area (Å²) in [6.07, 6.45) is 0. The molecule has 1 amide bonds. The predicted octanol–water partition coefficient (Wildman–Crippen LogP) is 1.14. The highest BCUT2D eigenvalue weighted by Gasteiger charge is 2.11. The molecule has 0 atom stereocenters. The molecule has 0 heterocycles. The van der Waals surface area contributed by atoms with Crippen LogP contribution in [0.15, 0.2) is 11.5 Å². The normalized spacial score (nSPS) is 10.7. The van der Waals surface area contributed by atoms with E-state index in [1.807, 2.05) is 0 Å². The Hall–Kier alpha value is -1.81. The molecule has 0 saturated heterocycles. The molecule has 4 heteroatoms. The van der Waals surface area contributed by atoms with Gasteiger partial charge in [0.1, 0.15) is 0 Å². The Kier molecular flexibility index (Phi) is 2.67. The largest absolute Gasteiger partial charge is 0.525 e. The van der Waals surface area contributed by atoms with Crippen LogP contribution >= 0.6 is 0 Å². The Labute approximate surface area is 58.0 Å². The van der Waals surface area contributed by atoms with Crippen LogP contribution in [-0.4, -0.2) is 11.0 Å². The molecule has 10 heavy (non-hydrogen) atoms. The van der Waals surface area contributed by atoms with Crippen molar-refractivity contribution in [2.75, 3.05) is 0 Å². The van der Waals surface area contributed by atoms with Crippen molar-refractivity contribution in [1.82, 2.24) is 0 Å². The monoisotopic (exact) mass is 136 g/mol. The lowest BCUT2D eigenvalue weighted by Gasteiger charge is -1.89. The van der Waals surface area contributed by atoms with Crippen LogP contribution in [0.4, 0.5) is 0 Å². The lowest BCUT2D eigenvalue weighted by atomic mass is 10.4. The molecule has 0 bridgehead atoms. The summed E-state index contributed by atoms with van der Waals surface area (Å²) in [6, 6.07) is 0. The molecule has 0 saturated carbocycles. The van der Waals surface area contributed by atoms with Crippen LogP contribution in [0.3, 0.4) is 0 Å². The predicted molar refractivity (Wildman–Crippen MR) is 33.5 cm³/mol. The number of aliphatic hydroxyl groups excluding tert-OH is 1. The second kappa shape index (κ2) is 3.26. The lowest BCUT2D eigenvalue weighted by Crippen LogP contribution is -1.94. The van der Waals surface area contributed by atoms with Crippen molar-refractivity contribution in [2.24, 2.45) is 0 Å². The van der Waals surface area contributed by atoms with E-state index in [0.29, 0.717) is 0 Å². The average Bonchev–Trinajstić information content (AvgIpc) is 1.88. The van der Waals surface area contributed by atoms with Crippen LogP contribution in [0.25, 0.3) is 9.69 Å². The van der Waals surface area contributed by atoms with Crippen LogP contribution < -0.4 is 0 Å². The lowest BCUT2D eigenvalue weighted by molar-refractivity contribution is -0.111. The van der Waals surface area contributed by atoms with E-state index in [2.05, 4.69) is 9.69 Å². The number of carbonyl (C=O) groups excluding carboxylic acids is 1. The third-order valence-corrected chi connectivity index (χ3v) is 0.759. The highest BCUT2D eigenvalue weighted by molar-refractivity contribution is 6.02. The number of carbonyl (C=O) groups is 1. The fourth-order valence-corrected chi connectivity index (χ4v) is 0.336. The quantitative estimate of drug-likeness (QED) is 0.334. The zero-order valence-electron chi connectivity index (χ0n) is 5.25. The summed E-state index contributed by atoms with van der Waals surface area (Å²) in [5.41, 5.74) is -0.505. The van der Waals surface area contributed by atoms with Gasteiger partial charge >= 0.3 is 5.91 Å². The molecule has 0 aromatic carbocycles. The molecule has 0 aliphatic rings. The molecule has 0 aromatic rings. The number of allylic oxidation sites excluding steroid dienone is 1. The molecule has 0 spiro atoms. The van der Waals surface area contributed by atoms with Crippen molar-refractivity contribution in [2.45, 2.75) is 6.92 Å². The van der Waals surface area contributed by atoms with E-state index in [1.165, 1.54) is 6.92 Å². The van der Waals surface area contributed by atoms with Crippen LogP contribution in [0.1, 0.15) is 6.92 Å². The maximum atomic E-state index is 10.4. The highest BCUT2D eigenvalue weighted by Crippen LogP contribution is 2.04. The number of hydrogen-bond donors (Lipinski definition) is 1. The van der Waals surface area contributed by atoms with Gasteiger partial charge in [-0.15, -0.1) is 0 Å². The molecule has 0 aromatic heterocycles. The Morgan fingerprint density at radius 3 is 2.00 bits per heavy atom. The second-order valence-electron chi connectivity index (χ2n) is 1.46. The smallest absolute Gasteiger partial charge is 0.387 e. The Morgan fingerprint density at radius 2 is 1.90 bits per heavy atom. The molecule has 1 N–H and O–H groups in total. The summed E-state index contributed by atoms with van der Waals surface area (Å²) < 4.78 is 0. The van der Waals surface area contributed by atoms with Gasteiger partial charge in [0, 0.05) is 0 Å². The van der Waals surface area contributed by atoms with Gasteiger partial charge in [-0.05, 0) is 6.92 Å². The van der Waals surface area contributed by atoms with Crippen molar-refractivity contribution < 1.29 is 9.90 Å². The van der Waals surface area contributed by atoms with Gasteiger partial charge < -0.3 is 9.90 Å². The van der Waals surface area contributed by atoms with E-state index in [0.717, 1.165) is 0 Å². The van der Waals surface area contributed by atoms with E-state index in [4.69, 9.17) is 18.3 Å². The minimum Gasteiger partial charge on any atom is -0.525 e. The fraction of sp³-hybridized carbons (Fsp3) is 0.167. The van der Waals surface area contributed by atoms with Crippen LogP contribution in [0, 0.1) is 13.1 Å². The molecular formula is C6H4N2O2. The molecule has 0 aliphatic heterocycles. The summed E-state index contributed by atoms with van der Waals surface area (Å²) in [4.78, 5) is 15.5. The number of nitrogens with zero attached hydrogens (tertiary/aromatic N) is 2. The third-order valence-electron chi connectivity index (χ3n) is 0.759. The van der Waals surface area contributed by atoms with Crippen molar-refractivity contribution in [3.8, 4) is 0 Å². The summed E-state index contributed by atoms with van der Waals surface area (Å²) in [6.45, 7) is 13.8. The van der Waals surface area contributed by atoms with Gasteiger partial charge in [0.15, 0.2) is 0 Å². The van der Waals surface area contributed by atoms with Gasteiger partial charge in [-0.3, -0.25) is 0 Å². The Balaban J connectivity index is 4.81. The fourth-order valence-electron chi connectivity index (χ4n) is 0.336. The summed E-state index contributed by atoms with van der Waals surface area (Å²) in [7, 11) is 0. The first-order chi connectivity index (χ1) is 4.63. The van der Waals surface area contributed by atoms with Gasteiger partial charge in [-0.2, -0.15) is 0 Å². The first-order valence-electron chi connectivity index (χ1n) is 2.32. The third kappa shape index (κ3) is 1.61. The molecule has 0 aliphatic carbocycles. The number of rotatable bonds is 1. The topological polar surface area (TPSA) is 46.0 Å². The first-order valence-corrected chi connectivity index (χ1v) is 2.32. The van der Waals surface area contributed by atoms with Gasteiger partial charge in [-0.1, -0.05) is 0 Å². The van der Waals surface area contributed by atoms with Crippen molar-refractivity contribution in [3.63, 3.8) is 0 Å². The highest BCUT2D eigenvalue weighted by atomic mass is 16.3. The molecular weight excluding hydrogens is 132 g/mol. The Morgan fingerprint density at radius 1 is 1.40 bits per heavy atom. The summed E-state index contributed by atoms with van der Waals surface area (Å²) in [5.74, 6) is -1.42. The van der Waals surface area contributed by atoms with Crippen molar-refractivity contribution in [3.05, 3.63) is 34.3 Å². The first kappa shape index (κ1) is 8.19. The second-order valence-corrected chi connectivity index (χ2v) is 1.46. The van der Waals surface area contributed by atoms with E-state index in [9.17, 15) is 4.79 Å². The standard InChI is InChI=1S/C6H4N2O2/c1-4(9)5(7-2)6(10)8-3/h9H,1H3. The minimum atomic E-state index is -1.02. The van der Waals surface area contributed by atoms with E-state index < -0.39 is 17.4 Å². The van der Waals surface area contributed by atoms with Crippen LogP contribution in [-0.2, 0) is 4.79 Å². The SMILES string of the molecule is [C-]#[N+]C(=O)C([N+]#[C-])=C(C)O. The molecule has 0 fully saturated rings. The van der Waals surface area contributed by atoms with Gasteiger partial charge in [0.2, 0.25) is 0 Å². The molecule has 50 valence electrons. The molecule has 4 nitrogen and oxygen atoms in total. The van der Waals surface area contributed by atoms with E-state index in [-0.39, 0.29) is 0 Å². The maximum Gasteiger partial charge on any atom is 0.387 e. The van der Waals surface area contributed by atoms with Crippen molar-refractivity contribution >= 4 is 5.91 Å². The zero-order chi connectivity index (χ0) is 8.15. The van der Waals surface area contributed by atoms with Gasteiger partial charge in [-0.25, -0.2) is 9.69 Å². The zero-order valence-corrected chi connectivity index (χ0v) is 5.25. The molecule has 0 radical (unpaired) electrons. The van der Waals surface area contributed by atoms with Crippen molar-refractivity contribution in [1.29, 1.82) is 0 Å². The maximum absolute atomic E-state index is 10.4. The number of aliphatic hydroxyl groups is 1. The van der Waals surface area contributed by atoms with Gasteiger partial charge in [0.25, 0.3) is 5.70 Å². The Bertz CT molecular complexity index is 260. The number of amides is 1. The van der Waals surface area contributed by atoms with Crippen LogP contribution in [0.2, 0.25) is 0 Å². The van der Waals surface area contributed by atoms with Gasteiger partial charge in [0.05, 0.1) is 18.9 Å². The molecule has 0 rings (SSSR count). The summed E-state index contributed by atoms with van der Waals surface area (Å²) >= 11 is 0. The number of hydrogen-bond acceptors (Lipinski definition) is 2. The summed E-state index contributed by atoms with van der Waals surface area (Å²) in [5, 5.41) is 8.62. The van der Waals surface area contributed by atoms with E-state index >= 15 is 0 Å². The molecule has 0 unspecified atom stereocenters. The average molecular weight is 136 g/mol. The van der Waals surface area contributed by atoms with E-state index in [1.54, 1.807) is 0 Å². The van der Waals surface area contributed by atoms with Crippen LogP contribution in [0.5, 0.6) is 0 Å². The minimum absolute atomic E-state index is 0.406.